The molecule has 9 heteroatoms. The molecule has 2 amide bonds. The molecule has 0 aliphatic carbocycles. The number of aryl methyl sites for hydroxylation is 1. The van der Waals surface area contributed by atoms with E-state index >= 15 is 0 Å². The zero-order valence-electron chi connectivity index (χ0n) is 19.8. The van der Waals surface area contributed by atoms with Gasteiger partial charge in [0, 0.05) is 18.1 Å². The van der Waals surface area contributed by atoms with Crippen LogP contribution in [0.25, 0.3) is 0 Å². The number of para-hydroxylation sites is 1. The third kappa shape index (κ3) is 6.29. The van der Waals surface area contributed by atoms with Gasteiger partial charge in [-0.2, -0.15) is 0 Å². The van der Waals surface area contributed by atoms with Crippen molar-refractivity contribution >= 4 is 43.5 Å². The van der Waals surface area contributed by atoms with E-state index in [2.05, 4.69) is 21.2 Å². The molecule has 0 aliphatic rings. The maximum atomic E-state index is 13.7. The van der Waals surface area contributed by atoms with E-state index in [-0.39, 0.29) is 17.3 Å². The Labute approximate surface area is 214 Å². The fourth-order valence-corrected chi connectivity index (χ4v) is 5.42. The monoisotopic (exact) mass is 557 g/mol. The molecule has 7 nitrogen and oxygen atoms in total. The van der Waals surface area contributed by atoms with Crippen LogP contribution in [0, 0.1) is 6.92 Å². The zero-order valence-corrected chi connectivity index (χ0v) is 22.2. The van der Waals surface area contributed by atoms with Crippen LogP contribution in [0.3, 0.4) is 0 Å². The number of hydrogen-bond acceptors (Lipinski definition) is 4. The van der Waals surface area contributed by atoms with Crippen molar-refractivity contribution in [3.63, 3.8) is 0 Å². The molecule has 0 aliphatic heterocycles. The Balaban J connectivity index is 2.03. The highest BCUT2D eigenvalue weighted by Crippen LogP contribution is 2.27. The molecular formula is C26H28BrN3O4S. The van der Waals surface area contributed by atoms with E-state index in [1.165, 1.54) is 24.1 Å². The summed E-state index contributed by atoms with van der Waals surface area (Å²) in [5.74, 6) is -0.837. The highest BCUT2D eigenvalue weighted by molar-refractivity contribution is 9.10. The molecule has 1 atom stereocenters. The van der Waals surface area contributed by atoms with Gasteiger partial charge >= 0.3 is 0 Å². The lowest BCUT2D eigenvalue weighted by Crippen LogP contribution is -2.50. The summed E-state index contributed by atoms with van der Waals surface area (Å²) in [6.45, 7) is 3.10. The number of carbonyl (C=O) groups excluding carboxylic acids is 2. The smallest absolute Gasteiger partial charge is 0.264 e. The van der Waals surface area contributed by atoms with Crippen LogP contribution in [0.4, 0.5) is 5.69 Å². The maximum Gasteiger partial charge on any atom is 0.264 e. The van der Waals surface area contributed by atoms with Crippen molar-refractivity contribution in [3.8, 4) is 0 Å². The second kappa shape index (κ2) is 11.5. The molecule has 3 aromatic rings. The van der Waals surface area contributed by atoms with Crippen molar-refractivity contribution in [2.45, 2.75) is 31.3 Å². The summed E-state index contributed by atoms with van der Waals surface area (Å²) in [6.07, 6.45) is 0. The van der Waals surface area contributed by atoms with Crippen molar-refractivity contribution in [2.24, 2.45) is 0 Å². The van der Waals surface area contributed by atoms with Gasteiger partial charge < -0.3 is 10.2 Å². The molecule has 184 valence electrons. The number of carbonyl (C=O) groups is 2. The summed E-state index contributed by atoms with van der Waals surface area (Å²) in [4.78, 5) is 27.6. The minimum Gasteiger partial charge on any atom is -0.357 e. The summed E-state index contributed by atoms with van der Waals surface area (Å²) in [7, 11) is -2.56. The van der Waals surface area contributed by atoms with Gasteiger partial charge in [-0.15, -0.1) is 0 Å². The third-order valence-electron chi connectivity index (χ3n) is 5.67. The number of anilines is 1. The quantitative estimate of drug-likeness (QED) is 0.428. The highest BCUT2D eigenvalue weighted by Gasteiger charge is 2.32. The van der Waals surface area contributed by atoms with Crippen LogP contribution in [0.15, 0.2) is 88.2 Å². The third-order valence-corrected chi connectivity index (χ3v) is 7.98. The maximum absolute atomic E-state index is 13.7. The summed E-state index contributed by atoms with van der Waals surface area (Å²) < 4.78 is 29.3. The van der Waals surface area contributed by atoms with Crippen LogP contribution >= 0.6 is 15.9 Å². The summed E-state index contributed by atoms with van der Waals surface area (Å²) >= 11 is 3.40. The molecule has 0 radical (unpaired) electrons. The van der Waals surface area contributed by atoms with E-state index in [0.29, 0.717) is 11.3 Å². The van der Waals surface area contributed by atoms with Crippen LogP contribution < -0.4 is 9.62 Å². The summed E-state index contributed by atoms with van der Waals surface area (Å²) in [5, 5.41) is 2.57. The fraction of sp³-hybridized carbons (Fsp3) is 0.231. The minimum absolute atomic E-state index is 0.0786. The lowest BCUT2D eigenvalue weighted by Gasteiger charge is -2.32. The Kier molecular flexibility index (Phi) is 8.69. The van der Waals surface area contributed by atoms with Crippen LogP contribution in [-0.2, 0) is 26.2 Å². The van der Waals surface area contributed by atoms with E-state index in [9.17, 15) is 18.0 Å². The average molecular weight is 558 g/mol. The SMILES string of the molecule is CNC(=O)[C@H](C)N(Cc1ccc(Br)cc1)C(=O)CN(c1ccccc1C)S(=O)(=O)c1ccccc1. The number of benzene rings is 3. The van der Waals surface area contributed by atoms with Crippen molar-refractivity contribution in [1.82, 2.24) is 10.2 Å². The summed E-state index contributed by atoms with van der Waals surface area (Å²) in [6, 6.07) is 21.6. The molecule has 0 heterocycles. The predicted molar refractivity (Wildman–Crippen MR) is 140 cm³/mol. The van der Waals surface area contributed by atoms with Crippen LogP contribution in [0.5, 0.6) is 0 Å². The van der Waals surface area contributed by atoms with E-state index in [0.717, 1.165) is 14.3 Å². The lowest BCUT2D eigenvalue weighted by molar-refractivity contribution is -0.139. The Morgan fingerprint density at radius 2 is 1.54 bits per heavy atom. The van der Waals surface area contributed by atoms with E-state index in [1.807, 2.05) is 30.3 Å². The molecule has 0 unspecified atom stereocenters. The van der Waals surface area contributed by atoms with Gasteiger partial charge in [-0.25, -0.2) is 8.42 Å². The standard InChI is InChI=1S/C26H28BrN3O4S/c1-19-9-7-8-12-24(19)30(35(33,34)23-10-5-4-6-11-23)18-25(31)29(20(2)26(32)28-3)17-21-13-15-22(27)16-14-21/h4-16,20H,17-18H2,1-3H3,(H,28,32)/t20-/m0/s1. The van der Waals surface area contributed by atoms with Gasteiger partial charge in [-0.3, -0.25) is 13.9 Å². The first-order chi connectivity index (χ1) is 16.6. The van der Waals surface area contributed by atoms with E-state index in [1.54, 1.807) is 50.2 Å². The van der Waals surface area contributed by atoms with E-state index in [4.69, 9.17) is 0 Å². The molecular weight excluding hydrogens is 530 g/mol. The van der Waals surface area contributed by atoms with Crippen molar-refractivity contribution < 1.29 is 18.0 Å². The van der Waals surface area contributed by atoms with Crippen LogP contribution in [0.2, 0.25) is 0 Å². The largest absolute Gasteiger partial charge is 0.357 e. The number of nitrogens with zero attached hydrogens (tertiary/aromatic N) is 2. The second-order valence-electron chi connectivity index (χ2n) is 8.05. The molecule has 0 bridgehead atoms. The molecule has 1 N–H and O–H groups in total. The number of sulfonamides is 1. The number of rotatable bonds is 9. The van der Waals surface area contributed by atoms with Crippen molar-refractivity contribution in [3.05, 3.63) is 94.5 Å². The molecule has 0 fully saturated rings. The second-order valence-corrected chi connectivity index (χ2v) is 10.8. The normalized spacial score (nSPS) is 12.0. The Morgan fingerprint density at radius 1 is 0.943 bits per heavy atom. The molecule has 35 heavy (non-hydrogen) atoms. The fourth-order valence-electron chi connectivity index (χ4n) is 3.65. The Hall–Kier alpha value is -3.17. The first-order valence-corrected chi connectivity index (χ1v) is 13.3. The van der Waals surface area contributed by atoms with Crippen molar-refractivity contribution in [1.29, 1.82) is 0 Å². The number of likely N-dealkylation sites (N-methyl/N-ethyl adjacent to an activating group) is 1. The molecule has 0 saturated heterocycles. The Morgan fingerprint density at radius 3 is 2.14 bits per heavy atom. The number of nitrogens with one attached hydrogen (secondary N) is 1. The van der Waals surface area contributed by atoms with E-state index < -0.39 is 28.5 Å². The minimum atomic E-state index is -4.06. The number of amides is 2. The average Bonchev–Trinajstić information content (AvgIpc) is 2.86. The molecule has 3 rings (SSSR count). The predicted octanol–water partition coefficient (Wildman–Crippen LogP) is 4.12. The van der Waals surface area contributed by atoms with Gasteiger partial charge in [0.1, 0.15) is 12.6 Å². The number of hydrogen-bond donors (Lipinski definition) is 1. The topological polar surface area (TPSA) is 86.8 Å². The van der Waals surface area contributed by atoms with Gasteiger partial charge in [-0.1, -0.05) is 64.5 Å². The zero-order chi connectivity index (χ0) is 25.6. The molecule has 0 saturated carbocycles. The van der Waals surface area contributed by atoms with Gasteiger partial charge in [-0.05, 0) is 55.3 Å². The molecule has 3 aromatic carbocycles. The van der Waals surface area contributed by atoms with Crippen LogP contribution in [-0.4, -0.2) is 44.8 Å². The van der Waals surface area contributed by atoms with Crippen molar-refractivity contribution in [2.75, 3.05) is 17.9 Å². The number of halogens is 1. The first kappa shape index (κ1) is 26.4. The van der Waals surface area contributed by atoms with Gasteiger partial charge in [0.15, 0.2) is 0 Å². The Bertz CT molecular complexity index is 1280. The molecule has 0 spiro atoms. The van der Waals surface area contributed by atoms with Gasteiger partial charge in [0.2, 0.25) is 11.8 Å². The van der Waals surface area contributed by atoms with Crippen LogP contribution in [0.1, 0.15) is 18.1 Å². The molecule has 0 aromatic heterocycles. The first-order valence-electron chi connectivity index (χ1n) is 11.0. The van der Waals surface area contributed by atoms with Gasteiger partial charge in [0.25, 0.3) is 10.0 Å². The summed E-state index contributed by atoms with van der Waals surface area (Å²) in [5.41, 5.74) is 1.92. The lowest BCUT2D eigenvalue weighted by atomic mass is 10.1. The van der Waals surface area contributed by atoms with Gasteiger partial charge in [0.05, 0.1) is 10.6 Å². The highest BCUT2D eigenvalue weighted by atomic mass is 79.9.